The van der Waals surface area contributed by atoms with Gasteiger partial charge in [-0.1, -0.05) is 19.1 Å². The van der Waals surface area contributed by atoms with Gasteiger partial charge in [-0.2, -0.15) is 0 Å². The van der Waals surface area contributed by atoms with Gasteiger partial charge in [0.25, 0.3) is 0 Å². The van der Waals surface area contributed by atoms with Gasteiger partial charge < -0.3 is 14.6 Å². The number of furan rings is 1. The maximum Gasteiger partial charge on any atom is 0.231 e. The van der Waals surface area contributed by atoms with Crippen LogP contribution in [0.25, 0.3) is 0 Å². The SMILES string of the molecule is CCc1ccc(C(NC)c2ccc3c(c2)CC(=O)N3C)o1. The van der Waals surface area contributed by atoms with Gasteiger partial charge in [0.15, 0.2) is 0 Å². The van der Waals surface area contributed by atoms with Crippen molar-refractivity contribution >= 4 is 11.6 Å². The highest BCUT2D eigenvalue weighted by Gasteiger charge is 2.25. The minimum atomic E-state index is 0.0107. The molecule has 0 spiro atoms. The molecule has 1 aromatic carbocycles. The molecule has 1 aliphatic rings. The van der Waals surface area contributed by atoms with Crippen LogP contribution in [0.15, 0.2) is 34.7 Å². The van der Waals surface area contributed by atoms with Crippen LogP contribution >= 0.6 is 0 Å². The summed E-state index contributed by atoms with van der Waals surface area (Å²) < 4.78 is 5.86. The lowest BCUT2D eigenvalue weighted by atomic mass is 10.0. The lowest BCUT2D eigenvalue weighted by Crippen LogP contribution is -2.20. The number of carbonyl (C=O) groups excluding carboxylic acids is 1. The van der Waals surface area contributed by atoms with E-state index in [4.69, 9.17) is 4.42 Å². The van der Waals surface area contributed by atoms with Crippen molar-refractivity contribution in [1.82, 2.24) is 5.32 Å². The normalized spacial score (nSPS) is 15.4. The van der Waals surface area contributed by atoms with Gasteiger partial charge in [0.05, 0.1) is 12.5 Å². The van der Waals surface area contributed by atoms with E-state index in [0.29, 0.717) is 6.42 Å². The zero-order valence-corrected chi connectivity index (χ0v) is 12.6. The fraction of sp³-hybridized carbons (Fsp3) is 0.353. The number of rotatable bonds is 4. The molecule has 1 aliphatic heterocycles. The smallest absolute Gasteiger partial charge is 0.231 e. The molecule has 1 unspecified atom stereocenters. The van der Waals surface area contributed by atoms with E-state index >= 15 is 0 Å². The first-order valence-electron chi connectivity index (χ1n) is 7.29. The molecule has 21 heavy (non-hydrogen) atoms. The number of likely N-dealkylation sites (N-methyl/N-ethyl adjacent to an activating group) is 1. The topological polar surface area (TPSA) is 45.5 Å². The Labute approximate surface area is 124 Å². The average Bonchev–Trinajstić information content (AvgIpc) is 3.06. The lowest BCUT2D eigenvalue weighted by Gasteiger charge is -2.16. The van der Waals surface area contributed by atoms with Crippen LogP contribution in [0.3, 0.4) is 0 Å². The number of fused-ring (bicyclic) bond motifs is 1. The van der Waals surface area contributed by atoms with Crippen LogP contribution in [0.5, 0.6) is 0 Å². The summed E-state index contributed by atoms with van der Waals surface area (Å²) in [6.07, 6.45) is 1.37. The van der Waals surface area contributed by atoms with Gasteiger partial charge in [-0.15, -0.1) is 0 Å². The number of hydrogen-bond acceptors (Lipinski definition) is 3. The van der Waals surface area contributed by atoms with E-state index in [1.54, 1.807) is 4.90 Å². The maximum absolute atomic E-state index is 11.8. The molecule has 0 fully saturated rings. The molecule has 2 aromatic rings. The number of anilines is 1. The third-order valence-electron chi connectivity index (χ3n) is 4.12. The molecule has 1 aromatic heterocycles. The van der Waals surface area contributed by atoms with Crippen LogP contribution in [0.4, 0.5) is 5.69 Å². The molecular weight excluding hydrogens is 264 g/mol. The van der Waals surface area contributed by atoms with Crippen molar-refractivity contribution in [3.05, 3.63) is 53.0 Å². The molecule has 110 valence electrons. The number of benzene rings is 1. The number of nitrogens with zero attached hydrogens (tertiary/aromatic N) is 1. The van der Waals surface area contributed by atoms with Crippen LogP contribution in [-0.2, 0) is 17.6 Å². The number of carbonyl (C=O) groups is 1. The van der Waals surface area contributed by atoms with E-state index < -0.39 is 0 Å². The number of amides is 1. The van der Waals surface area contributed by atoms with Crippen molar-refractivity contribution in [3.8, 4) is 0 Å². The zero-order chi connectivity index (χ0) is 15.0. The van der Waals surface area contributed by atoms with E-state index in [0.717, 1.165) is 34.8 Å². The quantitative estimate of drug-likeness (QED) is 0.939. The van der Waals surface area contributed by atoms with Gasteiger partial charge in [-0.3, -0.25) is 4.79 Å². The minimum absolute atomic E-state index is 0.0107. The largest absolute Gasteiger partial charge is 0.464 e. The monoisotopic (exact) mass is 284 g/mol. The molecule has 2 heterocycles. The van der Waals surface area contributed by atoms with E-state index in [1.807, 2.05) is 32.3 Å². The Hall–Kier alpha value is -2.07. The van der Waals surface area contributed by atoms with Gasteiger partial charge >= 0.3 is 0 Å². The molecule has 0 aliphatic carbocycles. The third kappa shape index (κ3) is 2.36. The van der Waals surface area contributed by atoms with Gasteiger partial charge in [0.1, 0.15) is 11.5 Å². The summed E-state index contributed by atoms with van der Waals surface area (Å²) in [5, 5.41) is 3.29. The molecule has 1 amide bonds. The maximum atomic E-state index is 11.8. The fourth-order valence-corrected chi connectivity index (χ4v) is 2.88. The van der Waals surface area contributed by atoms with Crippen molar-refractivity contribution in [2.75, 3.05) is 19.0 Å². The van der Waals surface area contributed by atoms with Crippen LogP contribution in [0, 0.1) is 0 Å². The minimum Gasteiger partial charge on any atom is -0.464 e. The molecule has 1 atom stereocenters. The van der Waals surface area contributed by atoms with Gasteiger partial charge in [-0.25, -0.2) is 0 Å². The summed E-state index contributed by atoms with van der Waals surface area (Å²) in [4.78, 5) is 13.5. The Bertz CT molecular complexity index is 675. The molecular formula is C17H20N2O2. The summed E-state index contributed by atoms with van der Waals surface area (Å²) in [6.45, 7) is 2.08. The van der Waals surface area contributed by atoms with Crippen LogP contribution in [-0.4, -0.2) is 20.0 Å². The number of nitrogens with one attached hydrogen (secondary N) is 1. The van der Waals surface area contributed by atoms with Crippen molar-refractivity contribution in [3.63, 3.8) is 0 Å². The summed E-state index contributed by atoms with van der Waals surface area (Å²) in [5.41, 5.74) is 3.21. The van der Waals surface area contributed by atoms with Gasteiger partial charge in [0.2, 0.25) is 5.91 Å². The molecule has 0 bridgehead atoms. The lowest BCUT2D eigenvalue weighted by molar-refractivity contribution is -0.117. The predicted octanol–water partition coefficient (Wildman–Crippen LogP) is 2.67. The van der Waals surface area contributed by atoms with E-state index in [2.05, 4.69) is 24.4 Å². The second-order valence-corrected chi connectivity index (χ2v) is 5.40. The van der Waals surface area contributed by atoms with Gasteiger partial charge in [-0.05, 0) is 36.4 Å². The summed E-state index contributed by atoms with van der Waals surface area (Å²) in [7, 11) is 3.74. The van der Waals surface area contributed by atoms with E-state index in [1.165, 1.54) is 0 Å². The number of hydrogen-bond donors (Lipinski definition) is 1. The second kappa shape index (κ2) is 5.37. The standard InChI is InChI=1S/C17H20N2O2/c1-4-13-6-8-15(21-13)17(18-2)11-5-7-14-12(9-11)10-16(20)19(14)3/h5-9,17-18H,4,10H2,1-3H3. The average molecular weight is 284 g/mol. The molecule has 4 heteroatoms. The first-order chi connectivity index (χ1) is 10.1. The zero-order valence-electron chi connectivity index (χ0n) is 12.6. The van der Waals surface area contributed by atoms with Crippen molar-refractivity contribution < 1.29 is 9.21 Å². The fourth-order valence-electron chi connectivity index (χ4n) is 2.88. The van der Waals surface area contributed by atoms with Crippen molar-refractivity contribution in [2.24, 2.45) is 0 Å². The summed E-state index contributed by atoms with van der Waals surface area (Å²) in [6, 6.07) is 10.2. The first kappa shape index (κ1) is 13.9. The number of aryl methyl sites for hydroxylation is 1. The van der Waals surface area contributed by atoms with E-state index in [9.17, 15) is 4.79 Å². The van der Waals surface area contributed by atoms with Gasteiger partial charge in [0, 0.05) is 19.2 Å². The summed E-state index contributed by atoms with van der Waals surface area (Å²) >= 11 is 0. The molecule has 1 N–H and O–H groups in total. The Kier molecular flexibility index (Phi) is 3.55. The molecule has 3 rings (SSSR count). The van der Waals surface area contributed by atoms with Crippen LogP contribution < -0.4 is 10.2 Å². The second-order valence-electron chi connectivity index (χ2n) is 5.40. The molecule has 0 saturated heterocycles. The molecule has 0 saturated carbocycles. The highest BCUT2D eigenvalue weighted by molar-refractivity contribution is 6.00. The molecule has 0 radical (unpaired) electrons. The Morgan fingerprint density at radius 1 is 1.33 bits per heavy atom. The Morgan fingerprint density at radius 3 is 2.81 bits per heavy atom. The van der Waals surface area contributed by atoms with Crippen LogP contribution in [0.2, 0.25) is 0 Å². The first-order valence-corrected chi connectivity index (χ1v) is 7.29. The van der Waals surface area contributed by atoms with Crippen molar-refractivity contribution in [2.45, 2.75) is 25.8 Å². The summed E-state index contributed by atoms with van der Waals surface area (Å²) in [5.74, 6) is 2.04. The molecule has 4 nitrogen and oxygen atoms in total. The highest BCUT2D eigenvalue weighted by atomic mass is 16.3. The Morgan fingerprint density at radius 2 is 2.14 bits per heavy atom. The van der Waals surface area contributed by atoms with E-state index in [-0.39, 0.29) is 11.9 Å². The highest BCUT2D eigenvalue weighted by Crippen LogP contribution is 2.32. The predicted molar refractivity (Wildman–Crippen MR) is 82.5 cm³/mol. The Balaban J connectivity index is 1.95. The van der Waals surface area contributed by atoms with Crippen LogP contribution in [0.1, 0.15) is 35.6 Å². The third-order valence-corrected chi connectivity index (χ3v) is 4.12. The van der Waals surface area contributed by atoms with Crippen molar-refractivity contribution in [1.29, 1.82) is 0 Å².